The number of benzene rings is 3. The Labute approximate surface area is 202 Å². The van der Waals surface area contributed by atoms with Gasteiger partial charge in [0.15, 0.2) is 6.10 Å². The van der Waals surface area contributed by atoms with E-state index in [4.69, 9.17) is 13.9 Å². The predicted molar refractivity (Wildman–Crippen MR) is 132 cm³/mol. The van der Waals surface area contributed by atoms with Crippen LogP contribution in [0.3, 0.4) is 0 Å². The van der Waals surface area contributed by atoms with Crippen molar-refractivity contribution in [1.82, 2.24) is 5.32 Å². The summed E-state index contributed by atoms with van der Waals surface area (Å²) in [6.07, 6.45) is -0.630. The number of rotatable bonds is 8. The first-order chi connectivity index (χ1) is 16.9. The van der Waals surface area contributed by atoms with E-state index in [2.05, 4.69) is 5.32 Å². The fourth-order valence-electron chi connectivity index (χ4n) is 3.80. The molecule has 7 heteroatoms. The largest absolute Gasteiger partial charge is 0.481 e. The van der Waals surface area contributed by atoms with Gasteiger partial charge >= 0.3 is 11.6 Å². The average molecular weight is 472 g/mol. The topological polar surface area (TPSA) is 94.8 Å². The van der Waals surface area contributed by atoms with Crippen molar-refractivity contribution < 1.29 is 23.5 Å². The lowest BCUT2D eigenvalue weighted by Gasteiger charge is -2.20. The van der Waals surface area contributed by atoms with Gasteiger partial charge in [-0.05, 0) is 35.7 Å². The van der Waals surface area contributed by atoms with Crippen LogP contribution >= 0.6 is 0 Å². The Bertz CT molecular complexity index is 1380. The molecule has 0 saturated carbocycles. The Balaban J connectivity index is 1.51. The van der Waals surface area contributed by atoms with Crippen molar-refractivity contribution in [3.63, 3.8) is 0 Å². The Hall–Kier alpha value is -4.39. The molecule has 4 rings (SSSR count). The van der Waals surface area contributed by atoms with Gasteiger partial charge in [0, 0.05) is 23.9 Å². The molecule has 3 aromatic carbocycles. The van der Waals surface area contributed by atoms with E-state index < -0.39 is 29.6 Å². The number of methoxy groups -OCH3 is 1. The van der Waals surface area contributed by atoms with E-state index in [-0.39, 0.29) is 6.42 Å². The van der Waals surface area contributed by atoms with Gasteiger partial charge in [-0.1, -0.05) is 60.7 Å². The molecular formula is C28H25NO6. The molecule has 1 unspecified atom stereocenters. The second-order valence-corrected chi connectivity index (χ2v) is 8.04. The summed E-state index contributed by atoms with van der Waals surface area (Å²) < 4.78 is 16.0. The number of amides is 1. The van der Waals surface area contributed by atoms with Crippen LogP contribution in [-0.2, 0) is 20.7 Å². The van der Waals surface area contributed by atoms with Gasteiger partial charge in [0.1, 0.15) is 17.4 Å². The van der Waals surface area contributed by atoms with Crippen LogP contribution in [0.15, 0.2) is 94.1 Å². The molecule has 0 spiro atoms. The van der Waals surface area contributed by atoms with E-state index in [1.165, 1.54) is 13.2 Å². The molecule has 1 aromatic heterocycles. The molecule has 0 aliphatic heterocycles. The molecule has 1 heterocycles. The van der Waals surface area contributed by atoms with Crippen molar-refractivity contribution in [3.8, 4) is 16.9 Å². The van der Waals surface area contributed by atoms with Crippen LogP contribution in [0.2, 0.25) is 0 Å². The summed E-state index contributed by atoms with van der Waals surface area (Å²) in [4.78, 5) is 37.2. The van der Waals surface area contributed by atoms with Gasteiger partial charge in [-0.25, -0.2) is 9.59 Å². The maximum Gasteiger partial charge on any atom is 0.336 e. The standard InChI is InChI=1S/C28H25NO6/c1-18(27(31)29-24(28(32)33-2)15-19-9-5-3-6-10-19)34-21-13-14-22-23(20-11-7-4-8-12-20)17-26(30)35-25(22)16-21/h3-14,16-18,24H,15H2,1-2H3,(H,29,31)/t18?,24-/m1/s1. The van der Waals surface area contributed by atoms with Crippen LogP contribution in [0.4, 0.5) is 0 Å². The summed E-state index contributed by atoms with van der Waals surface area (Å²) in [5, 5.41) is 3.45. The van der Waals surface area contributed by atoms with E-state index in [0.29, 0.717) is 11.3 Å². The summed E-state index contributed by atoms with van der Waals surface area (Å²) in [7, 11) is 1.28. The monoisotopic (exact) mass is 471 g/mol. The van der Waals surface area contributed by atoms with Crippen molar-refractivity contribution >= 4 is 22.8 Å². The number of carbonyl (C=O) groups is 2. The number of ether oxygens (including phenoxy) is 2. The highest BCUT2D eigenvalue weighted by Crippen LogP contribution is 2.29. The molecule has 1 N–H and O–H groups in total. The van der Waals surface area contributed by atoms with Gasteiger partial charge in [0.25, 0.3) is 5.91 Å². The maximum atomic E-state index is 12.8. The minimum Gasteiger partial charge on any atom is -0.481 e. The predicted octanol–water partition coefficient (Wildman–Crippen LogP) is 4.13. The second-order valence-electron chi connectivity index (χ2n) is 8.04. The van der Waals surface area contributed by atoms with Crippen LogP contribution in [0, 0.1) is 0 Å². The molecule has 178 valence electrons. The molecule has 7 nitrogen and oxygen atoms in total. The summed E-state index contributed by atoms with van der Waals surface area (Å²) >= 11 is 0. The molecule has 2 atom stereocenters. The zero-order chi connectivity index (χ0) is 24.8. The first-order valence-corrected chi connectivity index (χ1v) is 11.2. The fourth-order valence-corrected chi connectivity index (χ4v) is 3.80. The van der Waals surface area contributed by atoms with Crippen molar-refractivity contribution in [1.29, 1.82) is 0 Å². The summed E-state index contributed by atoms with van der Waals surface area (Å²) in [5.41, 5.74) is 2.38. The molecular weight excluding hydrogens is 446 g/mol. The number of esters is 1. The summed E-state index contributed by atoms with van der Waals surface area (Å²) in [6, 6.07) is 24.5. The van der Waals surface area contributed by atoms with E-state index in [0.717, 1.165) is 22.1 Å². The zero-order valence-corrected chi connectivity index (χ0v) is 19.4. The minimum absolute atomic E-state index is 0.287. The minimum atomic E-state index is -0.917. The summed E-state index contributed by atoms with van der Waals surface area (Å²) in [5.74, 6) is -0.669. The third kappa shape index (κ3) is 5.76. The van der Waals surface area contributed by atoms with Gasteiger partial charge in [0.2, 0.25) is 0 Å². The highest BCUT2D eigenvalue weighted by atomic mass is 16.5. The number of nitrogens with one attached hydrogen (secondary N) is 1. The van der Waals surface area contributed by atoms with Crippen LogP contribution in [-0.4, -0.2) is 31.1 Å². The number of hydrogen-bond donors (Lipinski definition) is 1. The molecule has 0 fully saturated rings. The van der Waals surface area contributed by atoms with Crippen LogP contribution in [0.25, 0.3) is 22.1 Å². The van der Waals surface area contributed by atoms with Crippen molar-refractivity contribution in [2.75, 3.05) is 7.11 Å². The van der Waals surface area contributed by atoms with Gasteiger partial charge in [-0.15, -0.1) is 0 Å². The van der Waals surface area contributed by atoms with Crippen molar-refractivity contribution in [2.24, 2.45) is 0 Å². The molecule has 1 amide bonds. The van der Waals surface area contributed by atoms with Gasteiger partial charge in [0.05, 0.1) is 7.11 Å². The smallest absolute Gasteiger partial charge is 0.336 e. The van der Waals surface area contributed by atoms with Crippen molar-refractivity contribution in [3.05, 3.63) is 101 Å². The molecule has 4 aromatic rings. The van der Waals surface area contributed by atoms with Gasteiger partial charge in [-0.3, -0.25) is 4.79 Å². The van der Waals surface area contributed by atoms with Crippen LogP contribution < -0.4 is 15.7 Å². The van der Waals surface area contributed by atoms with E-state index >= 15 is 0 Å². The lowest BCUT2D eigenvalue weighted by molar-refractivity contribution is -0.145. The first-order valence-electron chi connectivity index (χ1n) is 11.2. The molecule has 0 bridgehead atoms. The van der Waals surface area contributed by atoms with Crippen LogP contribution in [0.5, 0.6) is 5.75 Å². The first kappa shape index (κ1) is 23.8. The SMILES string of the molecule is COC(=O)[C@@H](Cc1ccccc1)NC(=O)C(C)Oc1ccc2c(-c3ccccc3)cc(=O)oc2c1. The Morgan fingerprint density at radius 1 is 0.943 bits per heavy atom. The normalized spacial score (nSPS) is 12.5. The lowest BCUT2D eigenvalue weighted by Crippen LogP contribution is -2.47. The molecule has 0 radical (unpaired) electrons. The van der Waals surface area contributed by atoms with Crippen molar-refractivity contribution in [2.45, 2.75) is 25.5 Å². The number of carbonyl (C=O) groups excluding carboxylic acids is 2. The molecule has 0 aliphatic carbocycles. The van der Waals surface area contributed by atoms with Gasteiger partial charge < -0.3 is 19.2 Å². The van der Waals surface area contributed by atoms with E-state index in [1.807, 2.05) is 60.7 Å². The van der Waals surface area contributed by atoms with Gasteiger partial charge in [-0.2, -0.15) is 0 Å². The Kier molecular flexibility index (Phi) is 7.26. The highest BCUT2D eigenvalue weighted by molar-refractivity contribution is 5.94. The second kappa shape index (κ2) is 10.7. The van der Waals surface area contributed by atoms with E-state index in [1.54, 1.807) is 25.1 Å². The maximum absolute atomic E-state index is 12.8. The Morgan fingerprint density at radius 2 is 1.63 bits per heavy atom. The number of fused-ring (bicyclic) bond motifs is 1. The number of hydrogen-bond acceptors (Lipinski definition) is 6. The summed E-state index contributed by atoms with van der Waals surface area (Å²) in [6.45, 7) is 1.58. The fraction of sp³-hybridized carbons (Fsp3) is 0.179. The molecule has 0 aliphatic rings. The third-order valence-corrected chi connectivity index (χ3v) is 5.57. The van der Waals surface area contributed by atoms with E-state index in [9.17, 15) is 14.4 Å². The lowest BCUT2D eigenvalue weighted by atomic mass is 10.0. The zero-order valence-electron chi connectivity index (χ0n) is 19.4. The Morgan fingerprint density at radius 3 is 2.31 bits per heavy atom. The average Bonchev–Trinajstić information content (AvgIpc) is 2.88. The van der Waals surface area contributed by atoms with Crippen LogP contribution in [0.1, 0.15) is 12.5 Å². The molecule has 0 saturated heterocycles. The quantitative estimate of drug-likeness (QED) is 0.307. The third-order valence-electron chi connectivity index (χ3n) is 5.57. The highest BCUT2D eigenvalue weighted by Gasteiger charge is 2.25. The molecule has 35 heavy (non-hydrogen) atoms.